The van der Waals surface area contributed by atoms with Gasteiger partial charge in [0.2, 0.25) is 5.91 Å². The molecule has 2 rings (SSSR count). The first kappa shape index (κ1) is 14.0. The molecule has 1 aromatic carbocycles. The van der Waals surface area contributed by atoms with E-state index in [4.69, 9.17) is 10.5 Å². The van der Waals surface area contributed by atoms with E-state index in [0.29, 0.717) is 26.3 Å². The summed E-state index contributed by atoms with van der Waals surface area (Å²) in [5.74, 6) is 0.0198. The molecule has 0 unspecified atom stereocenters. The van der Waals surface area contributed by atoms with Crippen LogP contribution in [-0.2, 0) is 22.4 Å². The monoisotopic (exact) mass is 262 g/mol. The van der Waals surface area contributed by atoms with E-state index in [1.165, 1.54) is 11.1 Å². The molecule has 0 bridgehead atoms. The normalized spacial score (nSPS) is 16.7. The van der Waals surface area contributed by atoms with E-state index in [2.05, 4.69) is 36.5 Å². The number of nitrogens with one attached hydrogen (secondary N) is 1. The van der Waals surface area contributed by atoms with E-state index in [1.54, 1.807) is 0 Å². The van der Waals surface area contributed by atoms with Crippen LogP contribution in [0.15, 0.2) is 24.3 Å². The summed E-state index contributed by atoms with van der Waals surface area (Å²) in [6, 6.07) is 8.52. The fourth-order valence-electron chi connectivity index (χ4n) is 2.14. The zero-order chi connectivity index (χ0) is 13.7. The van der Waals surface area contributed by atoms with Crippen LogP contribution in [0.25, 0.3) is 0 Å². The minimum absolute atomic E-state index is 0.0198. The van der Waals surface area contributed by atoms with Gasteiger partial charge in [-0.25, -0.2) is 0 Å². The maximum absolute atomic E-state index is 12.0. The average Bonchev–Trinajstić information content (AvgIpc) is 2.39. The van der Waals surface area contributed by atoms with Crippen molar-refractivity contribution in [3.8, 4) is 0 Å². The van der Waals surface area contributed by atoms with Crippen LogP contribution in [0.4, 0.5) is 0 Å². The zero-order valence-electron chi connectivity index (χ0n) is 11.4. The van der Waals surface area contributed by atoms with Crippen molar-refractivity contribution in [2.75, 3.05) is 26.3 Å². The highest BCUT2D eigenvalue weighted by atomic mass is 16.5. The Bertz CT molecular complexity index is 419. The van der Waals surface area contributed by atoms with E-state index >= 15 is 0 Å². The summed E-state index contributed by atoms with van der Waals surface area (Å²) in [7, 11) is 0. The van der Waals surface area contributed by atoms with Crippen LogP contribution in [0.3, 0.4) is 0 Å². The van der Waals surface area contributed by atoms with Crippen LogP contribution < -0.4 is 11.1 Å². The van der Waals surface area contributed by atoms with Crippen molar-refractivity contribution < 1.29 is 9.53 Å². The fraction of sp³-hybridized carbons (Fsp3) is 0.533. The minimum Gasteiger partial charge on any atom is -0.379 e. The zero-order valence-corrected chi connectivity index (χ0v) is 11.4. The van der Waals surface area contributed by atoms with E-state index in [0.717, 1.165) is 12.8 Å². The molecular weight excluding hydrogens is 240 g/mol. The SMILES string of the molecule is CCc1ccc(CCNC(=O)C2(CN)COC2)cc1. The van der Waals surface area contributed by atoms with Crippen molar-refractivity contribution in [1.82, 2.24) is 5.32 Å². The van der Waals surface area contributed by atoms with Crippen LogP contribution in [0.1, 0.15) is 18.1 Å². The number of hydrogen-bond acceptors (Lipinski definition) is 3. The summed E-state index contributed by atoms with van der Waals surface area (Å²) in [5.41, 5.74) is 7.74. The van der Waals surface area contributed by atoms with Gasteiger partial charge in [-0.05, 0) is 24.0 Å². The van der Waals surface area contributed by atoms with Crippen molar-refractivity contribution in [2.24, 2.45) is 11.1 Å². The van der Waals surface area contributed by atoms with Gasteiger partial charge < -0.3 is 15.8 Å². The molecule has 1 saturated heterocycles. The number of ether oxygens (including phenoxy) is 1. The number of carbonyl (C=O) groups is 1. The molecular formula is C15H22N2O2. The van der Waals surface area contributed by atoms with E-state index in [9.17, 15) is 4.79 Å². The van der Waals surface area contributed by atoms with Gasteiger partial charge in [0.25, 0.3) is 0 Å². The van der Waals surface area contributed by atoms with Crippen LogP contribution in [0.2, 0.25) is 0 Å². The second kappa shape index (κ2) is 6.17. The number of amides is 1. The molecule has 1 amide bonds. The summed E-state index contributed by atoms with van der Waals surface area (Å²) < 4.78 is 5.10. The first-order valence-corrected chi connectivity index (χ1v) is 6.84. The Morgan fingerprint density at radius 2 is 1.95 bits per heavy atom. The first-order chi connectivity index (χ1) is 9.20. The maximum Gasteiger partial charge on any atom is 0.232 e. The molecule has 104 valence electrons. The van der Waals surface area contributed by atoms with Crippen LogP contribution in [-0.4, -0.2) is 32.2 Å². The van der Waals surface area contributed by atoms with E-state index in [1.807, 2.05) is 0 Å². The number of nitrogens with two attached hydrogens (primary N) is 1. The molecule has 19 heavy (non-hydrogen) atoms. The van der Waals surface area contributed by atoms with Gasteiger partial charge in [0.15, 0.2) is 0 Å². The predicted octanol–water partition coefficient (Wildman–Crippen LogP) is 0.883. The fourth-order valence-corrected chi connectivity index (χ4v) is 2.14. The Hall–Kier alpha value is -1.39. The molecule has 4 nitrogen and oxygen atoms in total. The average molecular weight is 262 g/mol. The van der Waals surface area contributed by atoms with Crippen LogP contribution in [0.5, 0.6) is 0 Å². The van der Waals surface area contributed by atoms with Gasteiger partial charge in [0.1, 0.15) is 5.41 Å². The molecule has 0 atom stereocenters. The lowest BCUT2D eigenvalue weighted by molar-refractivity contribution is -0.159. The van der Waals surface area contributed by atoms with Gasteiger partial charge in [0.05, 0.1) is 13.2 Å². The highest BCUT2D eigenvalue weighted by Gasteiger charge is 2.44. The van der Waals surface area contributed by atoms with Crippen molar-refractivity contribution in [3.05, 3.63) is 35.4 Å². The minimum atomic E-state index is -0.480. The lowest BCUT2D eigenvalue weighted by atomic mass is 9.85. The quantitative estimate of drug-likeness (QED) is 0.800. The maximum atomic E-state index is 12.0. The molecule has 0 radical (unpaired) electrons. The topological polar surface area (TPSA) is 64.4 Å². The lowest BCUT2D eigenvalue weighted by Gasteiger charge is -2.38. The van der Waals surface area contributed by atoms with Crippen molar-refractivity contribution >= 4 is 5.91 Å². The standard InChI is InChI=1S/C15H22N2O2/c1-2-12-3-5-13(6-4-12)7-8-17-14(18)15(9-16)10-19-11-15/h3-6H,2,7-11,16H2,1H3,(H,17,18). The van der Waals surface area contributed by atoms with Crippen LogP contribution >= 0.6 is 0 Å². The highest BCUT2D eigenvalue weighted by Crippen LogP contribution is 2.25. The Morgan fingerprint density at radius 1 is 1.32 bits per heavy atom. The van der Waals surface area contributed by atoms with Gasteiger partial charge in [-0.1, -0.05) is 31.2 Å². The highest BCUT2D eigenvalue weighted by molar-refractivity contribution is 5.84. The second-order valence-electron chi connectivity index (χ2n) is 5.15. The Kier molecular flexibility index (Phi) is 4.56. The second-order valence-corrected chi connectivity index (χ2v) is 5.15. The van der Waals surface area contributed by atoms with Gasteiger partial charge >= 0.3 is 0 Å². The van der Waals surface area contributed by atoms with Crippen molar-refractivity contribution in [3.63, 3.8) is 0 Å². The third-order valence-electron chi connectivity index (χ3n) is 3.76. The molecule has 0 aliphatic carbocycles. The van der Waals surface area contributed by atoms with E-state index in [-0.39, 0.29) is 5.91 Å². The predicted molar refractivity (Wildman–Crippen MR) is 74.8 cm³/mol. The number of hydrogen-bond donors (Lipinski definition) is 2. The molecule has 3 N–H and O–H groups in total. The first-order valence-electron chi connectivity index (χ1n) is 6.84. The molecule has 4 heteroatoms. The number of aryl methyl sites for hydroxylation is 1. The third kappa shape index (κ3) is 3.14. The summed E-state index contributed by atoms with van der Waals surface area (Å²) in [5, 5.41) is 2.95. The molecule has 1 aliphatic rings. The van der Waals surface area contributed by atoms with E-state index < -0.39 is 5.41 Å². The molecule has 1 aliphatic heterocycles. The molecule has 1 heterocycles. The molecule has 1 aromatic rings. The molecule has 0 saturated carbocycles. The summed E-state index contributed by atoms with van der Waals surface area (Å²) in [6.07, 6.45) is 1.90. The summed E-state index contributed by atoms with van der Waals surface area (Å²) in [4.78, 5) is 12.0. The smallest absolute Gasteiger partial charge is 0.232 e. The van der Waals surface area contributed by atoms with Crippen LogP contribution in [0, 0.1) is 5.41 Å². The van der Waals surface area contributed by atoms with Gasteiger partial charge in [-0.3, -0.25) is 4.79 Å². The molecule has 0 spiro atoms. The van der Waals surface area contributed by atoms with Crippen molar-refractivity contribution in [1.29, 1.82) is 0 Å². The number of carbonyl (C=O) groups excluding carboxylic acids is 1. The molecule has 0 aromatic heterocycles. The molecule has 1 fully saturated rings. The summed E-state index contributed by atoms with van der Waals surface area (Å²) >= 11 is 0. The van der Waals surface area contributed by atoms with Gasteiger partial charge in [-0.2, -0.15) is 0 Å². The Labute approximate surface area is 114 Å². The number of benzene rings is 1. The largest absolute Gasteiger partial charge is 0.379 e. The summed E-state index contributed by atoms with van der Waals surface area (Å²) in [6.45, 7) is 4.03. The van der Waals surface area contributed by atoms with Crippen molar-refractivity contribution in [2.45, 2.75) is 19.8 Å². The third-order valence-corrected chi connectivity index (χ3v) is 3.76. The number of rotatable bonds is 6. The van der Waals surface area contributed by atoms with Gasteiger partial charge in [0, 0.05) is 13.1 Å². The Morgan fingerprint density at radius 3 is 2.42 bits per heavy atom. The van der Waals surface area contributed by atoms with Gasteiger partial charge in [-0.15, -0.1) is 0 Å². The lowest BCUT2D eigenvalue weighted by Crippen LogP contribution is -2.58. The Balaban J connectivity index is 1.78.